The molecule has 0 bridgehead atoms. The van der Waals surface area contributed by atoms with Crippen LogP contribution in [0.3, 0.4) is 0 Å². The summed E-state index contributed by atoms with van der Waals surface area (Å²) in [7, 11) is 0. The lowest BCUT2D eigenvalue weighted by Crippen LogP contribution is -2.07. The number of anilines is 1. The zero-order valence-electron chi connectivity index (χ0n) is 10.1. The van der Waals surface area contributed by atoms with E-state index in [0.29, 0.717) is 17.2 Å². The van der Waals surface area contributed by atoms with E-state index in [2.05, 4.69) is 25.1 Å². The molecule has 3 nitrogen and oxygen atoms in total. The van der Waals surface area contributed by atoms with E-state index < -0.39 is 0 Å². The van der Waals surface area contributed by atoms with Crippen LogP contribution in [0.2, 0.25) is 0 Å². The second-order valence-electron chi connectivity index (χ2n) is 3.33. The van der Waals surface area contributed by atoms with Crippen LogP contribution in [0.15, 0.2) is 74.1 Å². The second-order valence-corrected chi connectivity index (χ2v) is 3.33. The molecule has 3 heteroatoms. The van der Waals surface area contributed by atoms with E-state index in [1.165, 1.54) is 6.08 Å². The summed E-state index contributed by atoms with van der Waals surface area (Å²) in [6.45, 7) is 10.6. The molecule has 0 unspecified atom stereocenters. The van der Waals surface area contributed by atoms with Crippen LogP contribution in [-0.4, -0.2) is 5.91 Å². The van der Waals surface area contributed by atoms with Gasteiger partial charge in [-0.25, -0.2) is 0 Å². The van der Waals surface area contributed by atoms with Crippen LogP contribution in [0.5, 0.6) is 5.75 Å². The fraction of sp³-hybridized carbons (Fsp3) is 0. The number of hydrogen-bond donors (Lipinski definition) is 1. The fourth-order valence-electron chi connectivity index (χ4n) is 1.23. The summed E-state index contributed by atoms with van der Waals surface area (Å²) in [6, 6.07) is 7.04. The Morgan fingerprint density at radius 1 is 1.22 bits per heavy atom. The van der Waals surface area contributed by atoms with Crippen molar-refractivity contribution in [1.82, 2.24) is 0 Å². The Hall–Kier alpha value is -2.55. The van der Waals surface area contributed by atoms with Crippen LogP contribution >= 0.6 is 0 Å². The lowest BCUT2D eigenvalue weighted by atomic mass is 10.3. The van der Waals surface area contributed by atoms with Gasteiger partial charge >= 0.3 is 0 Å². The van der Waals surface area contributed by atoms with Crippen molar-refractivity contribution in [1.29, 1.82) is 0 Å². The van der Waals surface area contributed by atoms with Gasteiger partial charge in [0.25, 0.3) is 0 Å². The third kappa shape index (κ3) is 4.14. The molecular formula is C15H15NO2. The van der Waals surface area contributed by atoms with Gasteiger partial charge in [0.2, 0.25) is 5.91 Å². The number of allylic oxidation sites excluding steroid dienone is 3. The Labute approximate surface area is 107 Å². The zero-order valence-corrected chi connectivity index (χ0v) is 10.1. The maximum Gasteiger partial charge on any atom is 0.247 e. The highest BCUT2D eigenvalue weighted by atomic mass is 16.5. The molecule has 1 N–H and O–H groups in total. The third-order valence-corrected chi connectivity index (χ3v) is 2.01. The quantitative estimate of drug-likeness (QED) is 0.470. The van der Waals surface area contributed by atoms with Gasteiger partial charge in [-0.2, -0.15) is 0 Å². The molecule has 0 saturated carbocycles. The van der Waals surface area contributed by atoms with Crippen LogP contribution < -0.4 is 10.1 Å². The Kier molecular flexibility index (Phi) is 5.19. The van der Waals surface area contributed by atoms with Gasteiger partial charge in [-0.15, -0.1) is 0 Å². The van der Waals surface area contributed by atoms with Crippen LogP contribution in [0.1, 0.15) is 0 Å². The molecule has 0 heterocycles. The molecule has 92 valence electrons. The minimum Gasteiger partial charge on any atom is -0.457 e. The molecule has 0 fully saturated rings. The molecule has 1 rings (SSSR count). The van der Waals surface area contributed by atoms with Crippen molar-refractivity contribution in [2.45, 2.75) is 0 Å². The standard InChI is InChI=1S/C15H15NO2/c1-4-8-13(5-2)18-14-10-7-9-12(11-14)16-15(17)6-3/h4-11H,1-3H2,(H,16,17)/b13-8+. The number of carbonyl (C=O) groups excluding carboxylic acids is 1. The van der Waals surface area contributed by atoms with Crippen molar-refractivity contribution in [3.8, 4) is 5.75 Å². The number of amides is 1. The molecular weight excluding hydrogens is 226 g/mol. The van der Waals surface area contributed by atoms with Crippen LogP contribution in [0.25, 0.3) is 0 Å². The Morgan fingerprint density at radius 3 is 2.61 bits per heavy atom. The molecule has 0 aliphatic carbocycles. The van der Waals surface area contributed by atoms with Crippen LogP contribution in [-0.2, 0) is 4.79 Å². The molecule has 1 aromatic carbocycles. The van der Waals surface area contributed by atoms with Gasteiger partial charge in [-0.05, 0) is 30.4 Å². The predicted octanol–water partition coefficient (Wildman–Crippen LogP) is 3.45. The Bertz CT molecular complexity index is 501. The maximum atomic E-state index is 11.2. The smallest absolute Gasteiger partial charge is 0.247 e. The Morgan fingerprint density at radius 2 is 2.00 bits per heavy atom. The average Bonchev–Trinajstić information content (AvgIpc) is 2.38. The molecule has 18 heavy (non-hydrogen) atoms. The molecule has 0 radical (unpaired) electrons. The molecule has 0 saturated heterocycles. The van der Waals surface area contributed by atoms with Crippen molar-refractivity contribution >= 4 is 11.6 Å². The topological polar surface area (TPSA) is 38.3 Å². The van der Waals surface area contributed by atoms with E-state index in [0.717, 1.165) is 0 Å². The normalized spacial score (nSPS) is 10.3. The molecule has 1 aromatic rings. The summed E-state index contributed by atoms with van der Waals surface area (Å²) in [5.74, 6) is 0.916. The maximum absolute atomic E-state index is 11.2. The summed E-state index contributed by atoms with van der Waals surface area (Å²) in [4.78, 5) is 11.2. The SMILES string of the molecule is C=C/C=C(\C=C)Oc1cccc(NC(=O)C=C)c1. The minimum atomic E-state index is -0.266. The van der Waals surface area contributed by atoms with Gasteiger partial charge in [-0.1, -0.05) is 31.9 Å². The summed E-state index contributed by atoms with van der Waals surface area (Å²) < 4.78 is 5.55. The minimum absolute atomic E-state index is 0.266. The number of benzene rings is 1. The third-order valence-electron chi connectivity index (χ3n) is 2.01. The van der Waals surface area contributed by atoms with Crippen molar-refractivity contribution in [3.63, 3.8) is 0 Å². The first kappa shape index (κ1) is 13.5. The van der Waals surface area contributed by atoms with E-state index >= 15 is 0 Å². The van der Waals surface area contributed by atoms with Crippen LogP contribution in [0.4, 0.5) is 5.69 Å². The monoisotopic (exact) mass is 241 g/mol. The van der Waals surface area contributed by atoms with Gasteiger partial charge in [0, 0.05) is 11.8 Å². The summed E-state index contributed by atoms with van der Waals surface area (Å²) in [5, 5.41) is 2.65. The molecule has 0 aliphatic rings. The summed E-state index contributed by atoms with van der Waals surface area (Å²) in [6.07, 6.45) is 6.10. The van der Waals surface area contributed by atoms with E-state index in [1.807, 2.05) is 0 Å². The van der Waals surface area contributed by atoms with Crippen molar-refractivity contribution in [2.24, 2.45) is 0 Å². The summed E-state index contributed by atoms with van der Waals surface area (Å²) >= 11 is 0. The lowest BCUT2D eigenvalue weighted by molar-refractivity contribution is -0.111. The number of rotatable bonds is 6. The molecule has 0 aromatic heterocycles. The molecule has 0 aliphatic heterocycles. The number of carbonyl (C=O) groups is 1. The fourth-order valence-corrected chi connectivity index (χ4v) is 1.23. The number of nitrogens with one attached hydrogen (secondary N) is 1. The van der Waals surface area contributed by atoms with E-state index in [9.17, 15) is 4.79 Å². The first-order valence-electron chi connectivity index (χ1n) is 5.36. The van der Waals surface area contributed by atoms with Crippen molar-refractivity contribution < 1.29 is 9.53 Å². The molecule has 0 atom stereocenters. The highest BCUT2D eigenvalue weighted by molar-refractivity contribution is 5.98. The van der Waals surface area contributed by atoms with E-state index in [1.54, 1.807) is 42.5 Å². The predicted molar refractivity (Wildman–Crippen MR) is 74.4 cm³/mol. The van der Waals surface area contributed by atoms with E-state index in [4.69, 9.17) is 4.74 Å². The zero-order chi connectivity index (χ0) is 13.4. The Balaban J connectivity index is 2.84. The van der Waals surface area contributed by atoms with Gasteiger partial charge in [0.05, 0.1) is 0 Å². The van der Waals surface area contributed by atoms with Gasteiger partial charge in [-0.3, -0.25) is 4.79 Å². The molecule has 1 amide bonds. The first-order valence-corrected chi connectivity index (χ1v) is 5.36. The highest BCUT2D eigenvalue weighted by Gasteiger charge is 2.00. The lowest BCUT2D eigenvalue weighted by Gasteiger charge is -2.08. The highest BCUT2D eigenvalue weighted by Crippen LogP contribution is 2.19. The van der Waals surface area contributed by atoms with Crippen LogP contribution in [0, 0.1) is 0 Å². The summed E-state index contributed by atoms with van der Waals surface area (Å²) in [5.41, 5.74) is 0.638. The molecule has 0 spiro atoms. The number of hydrogen-bond acceptors (Lipinski definition) is 2. The van der Waals surface area contributed by atoms with Gasteiger partial charge in [0.1, 0.15) is 11.5 Å². The average molecular weight is 241 g/mol. The second kappa shape index (κ2) is 6.91. The largest absolute Gasteiger partial charge is 0.457 e. The van der Waals surface area contributed by atoms with Gasteiger partial charge < -0.3 is 10.1 Å². The number of ether oxygens (including phenoxy) is 1. The van der Waals surface area contributed by atoms with Crippen molar-refractivity contribution in [3.05, 3.63) is 74.1 Å². The van der Waals surface area contributed by atoms with Crippen molar-refractivity contribution in [2.75, 3.05) is 5.32 Å². The first-order chi connectivity index (χ1) is 8.69. The van der Waals surface area contributed by atoms with Gasteiger partial charge in [0.15, 0.2) is 0 Å². The van der Waals surface area contributed by atoms with E-state index in [-0.39, 0.29) is 5.91 Å².